The highest BCUT2D eigenvalue weighted by Gasteiger charge is 2.13. The molecule has 0 saturated heterocycles. The van der Waals surface area contributed by atoms with E-state index in [0.717, 1.165) is 10.8 Å². The van der Waals surface area contributed by atoms with E-state index in [-0.39, 0.29) is 31.1 Å². The van der Waals surface area contributed by atoms with Crippen LogP contribution in [0.5, 0.6) is 5.75 Å². The molecule has 3 aromatic rings. The van der Waals surface area contributed by atoms with Crippen molar-refractivity contribution in [3.63, 3.8) is 0 Å². The fraction of sp³-hybridized carbons (Fsp3) is 0.174. The molecule has 0 spiro atoms. The van der Waals surface area contributed by atoms with Gasteiger partial charge in [0.15, 0.2) is 12.4 Å². The van der Waals surface area contributed by atoms with Crippen LogP contribution in [0.25, 0.3) is 10.8 Å². The van der Waals surface area contributed by atoms with Crippen molar-refractivity contribution in [2.45, 2.75) is 12.8 Å². The third-order valence-corrected chi connectivity index (χ3v) is 4.38. The minimum absolute atomic E-state index is 0.0323. The first-order valence-corrected chi connectivity index (χ1v) is 9.17. The number of rotatable bonds is 8. The lowest BCUT2D eigenvalue weighted by Gasteiger charge is -2.09. The van der Waals surface area contributed by atoms with E-state index < -0.39 is 5.97 Å². The zero-order valence-corrected chi connectivity index (χ0v) is 16.0. The molecule has 3 aromatic carbocycles. The number of carbonyl (C=O) groups excluding carboxylic acids is 3. The summed E-state index contributed by atoms with van der Waals surface area (Å²) in [6, 6.07) is 19.9. The maximum Gasteiger partial charge on any atom is 0.306 e. The van der Waals surface area contributed by atoms with Crippen LogP contribution in [0.15, 0.2) is 66.7 Å². The average Bonchev–Trinajstić information content (AvgIpc) is 2.76. The third kappa shape index (κ3) is 5.42. The van der Waals surface area contributed by atoms with E-state index in [1.54, 1.807) is 24.3 Å². The Morgan fingerprint density at radius 3 is 2.48 bits per heavy atom. The van der Waals surface area contributed by atoms with Crippen LogP contribution >= 0.6 is 0 Å². The van der Waals surface area contributed by atoms with Crippen LogP contribution in [0.3, 0.4) is 0 Å². The maximum absolute atomic E-state index is 12.2. The molecule has 3 rings (SSSR count). The number of Topliss-reactive ketones (excluding diaryl/α,β-unsaturated/α-hetero) is 1. The van der Waals surface area contributed by atoms with Crippen LogP contribution in [0.4, 0.5) is 5.69 Å². The van der Waals surface area contributed by atoms with E-state index in [1.807, 2.05) is 42.5 Å². The molecule has 0 radical (unpaired) electrons. The van der Waals surface area contributed by atoms with E-state index in [2.05, 4.69) is 5.32 Å². The highest BCUT2D eigenvalue weighted by molar-refractivity contribution is 6.02. The first-order chi connectivity index (χ1) is 14.1. The zero-order valence-electron chi connectivity index (χ0n) is 16.0. The van der Waals surface area contributed by atoms with Crippen LogP contribution in [0, 0.1) is 0 Å². The van der Waals surface area contributed by atoms with E-state index in [4.69, 9.17) is 9.47 Å². The molecular formula is C23H21NO5. The number of anilines is 1. The second-order valence-corrected chi connectivity index (χ2v) is 6.39. The van der Waals surface area contributed by atoms with Crippen LogP contribution in [0.2, 0.25) is 0 Å². The molecule has 1 N–H and O–H groups in total. The minimum atomic E-state index is -0.602. The number of amides is 1. The number of carbonyl (C=O) groups is 3. The summed E-state index contributed by atoms with van der Waals surface area (Å²) < 4.78 is 10.1. The summed E-state index contributed by atoms with van der Waals surface area (Å²) >= 11 is 0. The molecule has 0 heterocycles. The van der Waals surface area contributed by atoms with Gasteiger partial charge in [-0.25, -0.2) is 0 Å². The van der Waals surface area contributed by atoms with Gasteiger partial charge in [0.05, 0.1) is 13.5 Å². The Balaban J connectivity index is 1.47. The molecule has 0 aliphatic rings. The number of hydrogen-bond donors (Lipinski definition) is 1. The molecule has 0 saturated carbocycles. The molecule has 0 unspecified atom stereocenters. The van der Waals surface area contributed by atoms with E-state index in [1.165, 1.54) is 7.11 Å². The van der Waals surface area contributed by atoms with E-state index in [9.17, 15) is 14.4 Å². The Morgan fingerprint density at radius 2 is 1.66 bits per heavy atom. The van der Waals surface area contributed by atoms with Crippen molar-refractivity contribution in [3.8, 4) is 5.75 Å². The molecular weight excluding hydrogens is 370 g/mol. The molecule has 0 aliphatic carbocycles. The minimum Gasteiger partial charge on any atom is -0.497 e. The highest BCUT2D eigenvalue weighted by Crippen LogP contribution is 2.23. The molecule has 0 aromatic heterocycles. The first kappa shape index (κ1) is 20.1. The molecule has 0 aliphatic heterocycles. The Hall–Kier alpha value is -3.67. The van der Waals surface area contributed by atoms with Gasteiger partial charge in [-0.05, 0) is 23.6 Å². The van der Waals surface area contributed by atoms with Crippen molar-refractivity contribution in [2.24, 2.45) is 0 Å². The Kier molecular flexibility index (Phi) is 6.58. The molecule has 148 valence electrons. The van der Waals surface area contributed by atoms with Crippen molar-refractivity contribution in [2.75, 3.05) is 19.0 Å². The summed E-state index contributed by atoms with van der Waals surface area (Å²) in [5, 5.41) is 4.76. The van der Waals surface area contributed by atoms with Gasteiger partial charge in [-0.3, -0.25) is 14.4 Å². The number of ether oxygens (including phenoxy) is 2. The van der Waals surface area contributed by atoms with E-state index in [0.29, 0.717) is 17.0 Å². The monoisotopic (exact) mass is 391 g/mol. The average molecular weight is 391 g/mol. The van der Waals surface area contributed by atoms with Crippen LogP contribution in [-0.4, -0.2) is 31.4 Å². The van der Waals surface area contributed by atoms with Gasteiger partial charge in [0.2, 0.25) is 5.91 Å². The number of methoxy groups -OCH3 is 1. The van der Waals surface area contributed by atoms with Gasteiger partial charge in [0, 0.05) is 23.1 Å². The van der Waals surface area contributed by atoms with Gasteiger partial charge >= 0.3 is 5.97 Å². The van der Waals surface area contributed by atoms with Gasteiger partial charge < -0.3 is 14.8 Å². The normalized spacial score (nSPS) is 10.4. The first-order valence-electron chi connectivity index (χ1n) is 9.17. The van der Waals surface area contributed by atoms with Gasteiger partial charge in [0.25, 0.3) is 0 Å². The lowest BCUT2D eigenvalue weighted by molar-refractivity contribution is -0.143. The highest BCUT2D eigenvalue weighted by atomic mass is 16.5. The third-order valence-electron chi connectivity index (χ3n) is 4.38. The smallest absolute Gasteiger partial charge is 0.306 e. The molecule has 1 amide bonds. The van der Waals surface area contributed by atoms with E-state index >= 15 is 0 Å². The van der Waals surface area contributed by atoms with Gasteiger partial charge in [0.1, 0.15) is 5.75 Å². The summed E-state index contributed by atoms with van der Waals surface area (Å²) in [5.74, 6) is -0.684. The fourth-order valence-electron chi connectivity index (χ4n) is 2.86. The van der Waals surface area contributed by atoms with Crippen LogP contribution in [-0.2, 0) is 14.3 Å². The van der Waals surface area contributed by atoms with Crippen molar-refractivity contribution in [1.29, 1.82) is 0 Å². The summed E-state index contributed by atoms with van der Waals surface area (Å²) in [6.45, 7) is -0.378. The molecule has 6 heteroatoms. The Bertz CT molecular complexity index is 1040. The van der Waals surface area contributed by atoms with Crippen molar-refractivity contribution in [3.05, 3.63) is 72.3 Å². The van der Waals surface area contributed by atoms with Gasteiger partial charge in [-0.1, -0.05) is 48.5 Å². The Morgan fingerprint density at radius 1 is 0.897 bits per heavy atom. The Labute approximate surface area is 168 Å². The summed E-state index contributed by atoms with van der Waals surface area (Å²) in [5.41, 5.74) is 1.08. The second-order valence-electron chi connectivity index (χ2n) is 6.39. The quantitative estimate of drug-likeness (QED) is 0.464. The lowest BCUT2D eigenvalue weighted by Crippen LogP contribution is -2.17. The molecule has 6 nitrogen and oxygen atoms in total. The van der Waals surface area contributed by atoms with Gasteiger partial charge in [-0.2, -0.15) is 0 Å². The number of nitrogens with one attached hydrogen (secondary N) is 1. The number of esters is 1. The predicted octanol–water partition coefficient (Wildman–Crippen LogP) is 3.99. The standard InChI is InChI=1S/C23H21NO5/c1-28-18-9-4-8-17(14-18)21(25)15-29-23(27)13-12-22(26)24-20-11-5-7-16-6-2-3-10-19(16)20/h2-11,14H,12-13,15H2,1H3,(H,24,26). The number of ketones is 1. The van der Waals surface area contributed by atoms with Crippen LogP contribution in [0.1, 0.15) is 23.2 Å². The van der Waals surface area contributed by atoms with Crippen LogP contribution < -0.4 is 10.1 Å². The lowest BCUT2D eigenvalue weighted by atomic mass is 10.1. The SMILES string of the molecule is COc1cccc(C(=O)COC(=O)CCC(=O)Nc2cccc3ccccc23)c1. The van der Waals surface area contributed by atoms with Crippen molar-refractivity contribution < 1.29 is 23.9 Å². The summed E-state index contributed by atoms with van der Waals surface area (Å²) in [6.07, 6.45) is -0.141. The largest absolute Gasteiger partial charge is 0.497 e. The summed E-state index contributed by atoms with van der Waals surface area (Å²) in [7, 11) is 1.51. The number of fused-ring (bicyclic) bond motifs is 1. The molecule has 0 bridgehead atoms. The second kappa shape index (κ2) is 9.50. The zero-order chi connectivity index (χ0) is 20.6. The molecule has 29 heavy (non-hydrogen) atoms. The topological polar surface area (TPSA) is 81.7 Å². The van der Waals surface area contributed by atoms with Gasteiger partial charge in [-0.15, -0.1) is 0 Å². The number of hydrogen-bond acceptors (Lipinski definition) is 5. The molecule has 0 fully saturated rings. The predicted molar refractivity (Wildman–Crippen MR) is 110 cm³/mol. The van der Waals surface area contributed by atoms with Crippen molar-refractivity contribution in [1.82, 2.24) is 0 Å². The molecule has 0 atom stereocenters. The maximum atomic E-state index is 12.2. The summed E-state index contributed by atoms with van der Waals surface area (Å²) in [4.78, 5) is 36.2. The van der Waals surface area contributed by atoms with Crippen molar-refractivity contribution >= 4 is 34.1 Å². The fourth-order valence-corrected chi connectivity index (χ4v) is 2.86. The number of benzene rings is 3.